The molecular formula is C23H15BrN2. The van der Waals surface area contributed by atoms with Crippen molar-refractivity contribution in [3.8, 4) is 22.4 Å². The summed E-state index contributed by atoms with van der Waals surface area (Å²) in [6.07, 6.45) is 0. The van der Waals surface area contributed by atoms with Gasteiger partial charge in [-0.3, -0.25) is 0 Å². The quantitative estimate of drug-likeness (QED) is 0.347. The number of nitrogens with zero attached hydrogens (tertiary/aromatic N) is 1. The van der Waals surface area contributed by atoms with Gasteiger partial charge in [-0.25, -0.2) is 4.98 Å². The lowest BCUT2D eigenvalue weighted by molar-refractivity contribution is 1.34. The summed E-state index contributed by atoms with van der Waals surface area (Å²) in [6.45, 7) is 0. The van der Waals surface area contributed by atoms with Gasteiger partial charge in [0.2, 0.25) is 0 Å². The molecule has 2 aromatic heterocycles. The van der Waals surface area contributed by atoms with Crippen molar-refractivity contribution in [3.63, 3.8) is 0 Å². The molecule has 0 unspecified atom stereocenters. The van der Waals surface area contributed by atoms with Crippen LogP contribution in [-0.4, -0.2) is 9.97 Å². The van der Waals surface area contributed by atoms with E-state index in [1.807, 2.05) is 24.3 Å². The molecule has 3 aromatic carbocycles. The Morgan fingerprint density at radius 1 is 0.731 bits per heavy atom. The summed E-state index contributed by atoms with van der Waals surface area (Å²) in [5.41, 5.74) is 6.49. The average molecular weight is 399 g/mol. The second-order valence-corrected chi connectivity index (χ2v) is 7.24. The third-order valence-electron chi connectivity index (χ3n) is 4.68. The number of halogens is 1. The maximum atomic E-state index is 4.93. The Labute approximate surface area is 159 Å². The van der Waals surface area contributed by atoms with E-state index in [9.17, 15) is 0 Å². The number of hydrogen-bond donors (Lipinski definition) is 1. The number of aromatic amines is 1. The largest absolute Gasteiger partial charge is 0.339 e. The minimum atomic E-state index is 0.915. The van der Waals surface area contributed by atoms with Crippen LogP contribution in [0.5, 0.6) is 0 Å². The van der Waals surface area contributed by atoms with E-state index in [0.717, 1.165) is 32.3 Å². The van der Waals surface area contributed by atoms with Gasteiger partial charge in [0.25, 0.3) is 0 Å². The molecule has 3 heteroatoms. The van der Waals surface area contributed by atoms with Crippen LogP contribution in [0.4, 0.5) is 0 Å². The predicted octanol–water partition coefficient (Wildman–Crippen LogP) is 6.81. The van der Waals surface area contributed by atoms with Crippen LogP contribution in [0.25, 0.3) is 44.3 Å². The zero-order valence-corrected chi connectivity index (χ0v) is 15.5. The molecule has 0 aliphatic rings. The first-order chi connectivity index (χ1) is 12.8. The summed E-state index contributed by atoms with van der Waals surface area (Å²) in [5.74, 6) is 0. The number of pyridine rings is 1. The molecule has 0 amide bonds. The summed E-state index contributed by atoms with van der Waals surface area (Å²) in [7, 11) is 0. The Morgan fingerprint density at radius 2 is 1.42 bits per heavy atom. The van der Waals surface area contributed by atoms with E-state index < -0.39 is 0 Å². The number of fused-ring (bicyclic) bond motifs is 3. The summed E-state index contributed by atoms with van der Waals surface area (Å²) in [4.78, 5) is 8.42. The predicted molar refractivity (Wildman–Crippen MR) is 112 cm³/mol. The highest BCUT2D eigenvalue weighted by Crippen LogP contribution is 2.37. The molecule has 0 bridgehead atoms. The summed E-state index contributed by atoms with van der Waals surface area (Å²) < 4.78 is 1.07. The lowest BCUT2D eigenvalue weighted by Gasteiger charge is -2.08. The van der Waals surface area contributed by atoms with Crippen LogP contribution in [0, 0.1) is 0 Å². The van der Waals surface area contributed by atoms with E-state index in [1.54, 1.807) is 0 Å². The molecule has 5 aromatic rings. The fourth-order valence-electron chi connectivity index (χ4n) is 3.47. The van der Waals surface area contributed by atoms with Gasteiger partial charge in [0, 0.05) is 26.3 Å². The van der Waals surface area contributed by atoms with Gasteiger partial charge in [0.05, 0.1) is 5.69 Å². The molecule has 26 heavy (non-hydrogen) atoms. The average Bonchev–Trinajstić information content (AvgIpc) is 3.06. The van der Waals surface area contributed by atoms with Gasteiger partial charge in [-0.1, -0.05) is 76.6 Å². The lowest BCUT2D eigenvalue weighted by atomic mass is 9.99. The van der Waals surface area contributed by atoms with E-state index in [0.29, 0.717) is 0 Å². The third kappa shape index (κ3) is 2.52. The number of H-pyrrole nitrogens is 1. The number of nitrogens with one attached hydrogen (secondary N) is 1. The molecule has 0 radical (unpaired) electrons. The molecule has 0 aliphatic heterocycles. The second-order valence-electron chi connectivity index (χ2n) is 6.33. The first-order valence-corrected chi connectivity index (χ1v) is 9.32. The number of hydrogen-bond acceptors (Lipinski definition) is 1. The highest BCUT2D eigenvalue weighted by molar-refractivity contribution is 9.10. The van der Waals surface area contributed by atoms with Crippen LogP contribution >= 0.6 is 15.9 Å². The smallest absolute Gasteiger partial charge is 0.139 e. The van der Waals surface area contributed by atoms with Gasteiger partial charge in [0.15, 0.2) is 0 Å². The molecule has 2 nitrogen and oxygen atoms in total. The molecule has 0 spiro atoms. The molecule has 0 aliphatic carbocycles. The number of rotatable bonds is 2. The first-order valence-electron chi connectivity index (χ1n) is 8.52. The normalized spacial score (nSPS) is 11.3. The summed E-state index contributed by atoms with van der Waals surface area (Å²) in [6, 6.07) is 29.3. The molecule has 0 atom stereocenters. The number of benzene rings is 3. The van der Waals surface area contributed by atoms with Crippen LogP contribution in [0.2, 0.25) is 0 Å². The van der Waals surface area contributed by atoms with Crippen LogP contribution in [0.3, 0.4) is 0 Å². The monoisotopic (exact) mass is 398 g/mol. The van der Waals surface area contributed by atoms with Gasteiger partial charge in [-0.2, -0.15) is 0 Å². The highest BCUT2D eigenvalue weighted by atomic mass is 79.9. The fourth-order valence-corrected chi connectivity index (χ4v) is 3.83. The van der Waals surface area contributed by atoms with Crippen LogP contribution in [-0.2, 0) is 0 Å². The molecule has 124 valence electrons. The molecule has 1 N–H and O–H groups in total. The second kappa shape index (κ2) is 6.11. The van der Waals surface area contributed by atoms with E-state index in [2.05, 4.69) is 81.6 Å². The van der Waals surface area contributed by atoms with Crippen molar-refractivity contribution in [3.05, 3.63) is 89.4 Å². The fraction of sp³-hybridized carbons (Fsp3) is 0. The summed E-state index contributed by atoms with van der Waals surface area (Å²) >= 11 is 3.60. The topological polar surface area (TPSA) is 28.7 Å². The van der Waals surface area contributed by atoms with Crippen molar-refractivity contribution in [1.82, 2.24) is 9.97 Å². The lowest BCUT2D eigenvalue weighted by Crippen LogP contribution is -1.88. The van der Waals surface area contributed by atoms with Crippen molar-refractivity contribution in [2.45, 2.75) is 0 Å². The van der Waals surface area contributed by atoms with Gasteiger partial charge in [-0.15, -0.1) is 0 Å². The Kier molecular flexibility index (Phi) is 3.61. The summed E-state index contributed by atoms with van der Waals surface area (Å²) in [5, 5.41) is 2.34. The first kappa shape index (κ1) is 15.4. The van der Waals surface area contributed by atoms with E-state index >= 15 is 0 Å². The van der Waals surface area contributed by atoms with Gasteiger partial charge < -0.3 is 4.98 Å². The molecule has 5 rings (SSSR count). The van der Waals surface area contributed by atoms with Crippen molar-refractivity contribution in [2.75, 3.05) is 0 Å². The SMILES string of the molecule is Brc1ccc2[nH]c3nc(-c4ccccc4)cc(-c4ccccc4)c3c2c1. The zero-order valence-electron chi connectivity index (χ0n) is 13.9. The van der Waals surface area contributed by atoms with E-state index in [1.165, 1.54) is 16.5 Å². The Bertz CT molecular complexity index is 1230. The minimum absolute atomic E-state index is 0.915. The van der Waals surface area contributed by atoms with E-state index in [-0.39, 0.29) is 0 Å². The van der Waals surface area contributed by atoms with Crippen molar-refractivity contribution >= 4 is 37.9 Å². The minimum Gasteiger partial charge on any atom is -0.339 e. The maximum absolute atomic E-state index is 4.93. The van der Waals surface area contributed by atoms with E-state index in [4.69, 9.17) is 4.98 Å². The van der Waals surface area contributed by atoms with Crippen LogP contribution in [0.1, 0.15) is 0 Å². The van der Waals surface area contributed by atoms with Gasteiger partial charge >= 0.3 is 0 Å². The maximum Gasteiger partial charge on any atom is 0.139 e. The highest BCUT2D eigenvalue weighted by Gasteiger charge is 2.14. The van der Waals surface area contributed by atoms with Crippen molar-refractivity contribution in [1.29, 1.82) is 0 Å². The van der Waals surface area contributed by atoms with Gasteiger partial charge in [-0.05, 0) is 35.4 Å². The molecule has 0 saturated carbocycles. The van der Waals surface area contributed by atoms with Crippen LogP contribution in [0.15, 0.2) is 89.4 Å². The molecule has 0 saturated heterocycles. The number of aromatic nitrogens is 2. The molecule has 0 fully saturated rings. The zero-order chi connectivity index (χ0) is 17.5. The Morgan fingerprint density at radius 3 is 2.15 bits per heavy atom. The molecule has 2 heterocycles. The Hall–Kier alpha value is -2.91. The van der Waals surface area contributed by atoms with Crippen molar-refractivity contribution < 1.29 is 0 Å². The van der Waals surface area contributed by atoms with Crippen LogP contribution < -0.4 is 0 Å². The third-order valence-corrected chi connectivity index (χ3v) is 5.17. The Balaban J connectivity index is 1.91. The van der Waals surface area contributed by atoms with Gasteiger partial charge in [0.1, 0.15) is 5.65 Å². The standard InChI is InChI=1S/C23H15BrN2/c24-17-11-12-20-19(13-17)22-18(15-7-3-1-4-8-15)14-21(26-23(22)25-20)16-9-5-2-6-10-16/h1-14H,(H,25,26). The molecular weight excluding hydrogens is 384 g/mol. The van der Waals surface area contributed by atoms with Crippen molar-refractivity contribution in [2.24, 2.45) is 0 Å².